The Morgan fingerprint density at radius 2 is 1.81 bits per heavy atom. The van der Waals surface area contributed by atoms with Gasteiger partial charge in [0.15, 0.2) is 9.84 Å². The van der Waals surface area contributed by atoms with Gasteiger partial charge in [0.2, 0.25) is 0 Å². The van der Waals surface area contributed by atoms with Crippen LogP contribution >= 0.6 is 24.0 Å². The van der Waals surface area contributed by atoms with Crippen molar-refractivity contribution in [1.29, 1.82) is 0 Å². The van der Waals surface area contributed by atoms with Crippen LogP contribution in [-0.2, 0) is 9.84 Å². The third-order valence-corrected chi connectivity index (χ3v) is 7.09. The molecule has 1 unspecified atom stereocenters. The maximum absolute atomic E-state index is 14.5. The molecule has 32 heavy (non-hydrogen) atoms. The van der Waals surface area contributed by atoms with Crippen molar-refractivity contribution >= 4 is 39.8 Å². The van der Waals surface area contributed by atoms with Crippen molar-refractivity contribution in [2.24, 2.45) is 0 Å². The van der Waals surface area contributed by atoms with E-state index in [4.69, 9.17) is 11.6 Å². The molecule has 0 aliphatic heterocycles. The molecule has 170 valence electrons. The second-order valence-electron chi connectivity index (χ2n) is 6.79. The van der Waals surface area contributed by atoms with Crippen LogP contribution in [0.25, 0.3) is 0 Å². The lowest BCUT2D eigenvalue weighted by Crippen LogP contribution is -2.25. The molecule has 0 aliphatic rings. The van der Waals surface area contributed by atoms with Crippen LogP contribution in [0.15, 0.2) is 71.9 Å². The molecule has 1 N–H and O–H groups in total. The van der Waals surface area contributed by atoms with Gasteiger partial charge in [-0.25, -0.2) is 17.2 Å². The summed E-state index contributed by atoms with van der Waals surface area (Å²) in [6.45, 7) is 0.150. The molecule has 1 amide bonds. The smallest absolute Gasteiger partial charge is 0.252 e. The molecule has 3 rings (SSSR count). The second kappa shape index (κ2) is 11.4. The fraction of sp³-hybridized carbons (Fsp3) is 0.182. The first kappa shape index (κ1) is 25.7. The number of nitrogens with one attached hydrogen (secondary N) is 1. The summed E-state index contributed by atoms with van der Waals surface area (Å²) in [4.78, 5) is 15.9. The maximum Gasteiger partial charge on any atom is 0.252 e. The zero-order valence-corrected chi connectivity index (χ0v) is 19.1. The summed E-state index contributed by atoms with van der Waals surface area (Å²) in [6, 6.07) is 11.4. The summed E-state index contributed by atoms with van der Waals surface area (Å²) in [6.07, 6.45) is 3.14. The molecule has 2 aromatic carbocycles. The first-order valence-electron chi connectivity index (χ1n) is 9.41. The van der Waals surface area contributed by atoms with Gasteiger partial charge < -0.3 is 5.32 Å². The summed E-state index contributed by atoms with van der Waals surface area (Å²) in [5.74, 6) is -1.91. The maximum atomic E-state index is 14.5. The lowest BCUT2D eigenvalue weighted by Gasteiger charge is -2.19. The first-order valence-corrected chi connectivity index (χ1v) is 11.3. The van der Waals surface area contributed by atoms with Gasteiger partial charge in [-0.1, -0.05) is 11.6 Å². The van der Waals surface area contributed by atoms with Gasteiger partial charge in [0.1, 0.15) is 11.6 Å². The predicted molar refractivity (Wildman–Crippen MR) is 121 cm³/mol. The van der Waals surface area contributed by atoms with Crippen molar-refractivity contribution in [2.45, 2.75) is 23.0 Å². The number of sulfone groups is 1. The number of halogens is 4. The number of amides is 1. The third kappa shape index (κ3) is 6.25. The van der Waals surface area contributed by atoms with Crippen molar-refractivity contribution in [2.75, 3.05) is 6.54 Å². The van der Waals surface area contributed by atoms with Gasteiger partial charge in [0.05, 0.1) is 15.7 Å². The molecule has 0 fully saturated rings. The first-order chi connectivity index (χ1) is 14.8. The van der Waals surface area contributed by atoms with Crippen molar-refractivity contribution in [3.05, 3.63) is 94.8 Å². The monoisotopic (exact) mass is 500 g/mol. The number of pyridine rings is 1. The molecule has 10 heteroatoms. The number of carbonyl (C=O) groups is 1. The summed E-state index contributed by atoms with van der Waals surface area (Å²) in [7, 11) is -4.05. The van der Waals surface area contributed by atoms with Crippen LogP contribution in [0.5, 0.6) is 0 Å². The van der Waals surface area contributed by atoms with Crippen LogP contribution in [0.4, 0.5) is 8.78 Å². The average molecular weight is 501 g/mol. The van der Waals surface area contributed by atoms with E-state index in [-0.39, 0.29) is 48.2 Å². The minimum atomic E-state index is -4.05. The largest absolute Gasteiger partial charge is 0.352 e. The highest BCUT2D eigenvalue weighted by Gasteiger charge is 2.31. The minimum Gasteiger partial charge on any atom is -0.352 e. The number of benzene rings is 2. The number of hydrogen-bond acceptors (Lipinski definition) is 4. The summed E-state index contributed by atoms with van der Waals surface area (Å²) >= 11 is 5.84. The van der Waals surface area contributed by atoms with Gasteiger partial charge >= 0.3 is 0 Å². The Bertz CT molecular complexity index is 1160. The van der Waals surface area contributed by atoms with Crippen molar-refractivity contribution < 1.29 is 22.0 Å². The second-order valence-corrected chi connectivity index (χ2v) is 9.36. The van der Waals surface area contributed by atoms with Crippen molar-refractivity contribution in [3.8, 4) is 0 Å². The molecule has 0 aliphatic carbocycles. The average Bonchev–Trinajstić information content (AvgIpc) is 2.76. The van der Waals surface area contributed by atoms with Gasteiger partial charge in [-0.2, -0.15) is 0 Å². The molecule has 0 saturated heterocycles. The molecule has 1 aromatic heterocycles. The van der Waals surface area contributed by atoms with Crippen LogP contribution in [0.2, 0.25) is 5.02 Å². The molecule has 1 heterocycles. The highest BCUT2D eigenvalue weighted by atomic mass is 35.5. The van der Waals surface area contributed by atoms with E-state index < -0.39 is 26.7 Å². The lowest BCUT2D eigenvalue weighted by atomic mass is 10.1. The quantitative estimate of drug-likeness (QED) is 0.433. The Morgan fingerprint density at radius 1 is 1.09 bits per heavy atom. The number of rotatable bonds is 8. The molecule has 0 saturated carbocycles. The van der Waals surface area contributed by atoms with E-state index in [0.717, 1.165) is 18.2 Å². The van der Waals surface area contributed by atoms with Gasteiger partial charge in [-0.15, -0.1) is 12.4 Å². The summed E-state index contributed by atoms with van der Waals surface area (Å²) in [5.41, 5.74) is 0.109. The topological polar surface area (TPSA) is 76.1 Å². The van der Waals surface area contributed by atoms with Crippen LogP contribution < -0.4 is 5.32 Å². The van der Waals surface area contributed by atoms with E-state index in [1.165, 1.54) is 36.7 Å². The third-order valence-electron chi connectivity index (χ3n) is 4.67. The Hall–Kier alpha value is -2.55. The molecular formula is C22H20Cl2F2N2O3S. The molecule has 1 atom stereocenters. The lowest BCUT2D eigenvalue weighted by molar-refractivity contribution is 0.0952. The van der Waals surface area contributed by atoms with Crippen LogP contribution in [0.3, 0.4) is 0 Å². The predicted octanol–water partition coefficient (Wildman–Crippen LogP) is 5.16. The van der Waals surface area contributed by atoms with Crippen LogP contribution in [0.1, 0.15) is 34.0 Å². The Kier molecular flexibility index (Phi) is 9.12. The van der Waals surface area contributed by atoms with Crippen LogP contribution in [0, 0.1) is 11.6 Å². The fourth-order valence-electron chi connectivity index (χ4n) is 3.12. The Morgan fingerprint density at radius 3 is 2.47 bits per heavy atom. The van der Waals surface area contributed by atoms with Crippen molar-refractivity contribution in [3.63, 3.8) is 0 Å². The number of hydrogen-bond donors (Lipinski definition) is 1. The summed E-state index contributed by atoms with van der Waals surface area (Å²) in [5, 5.41) is 1.69. The van der Waals surface area contributed by atoms with Gasteiger partial charge in [-0.05, 0) is 67.4 Å². The number of carbonyl (C=O) groups excluding carboxylic acids is 1. The highest BCUT2D eigenvalue weighted by Crippen LogP contribution is 2.35. The zero-order chi connectivity index (χ0) is 22.4. The zero-order valence-electron chi connectivity index (χ0n) is 16.7. The number of nitrogens with zero attached hydrogens (tertiary/aromatic N) is 1. The van der Waals surface area contributed by atoms with Gasteiger partial charge in [0, 0.05) is 29.5 Å². The highest BCUT2D eigenvalue weighted by molar-refractivity contribution is 7.91. The molecule has 3 aromatic rings. The Labute approximate surface area is 196 Å². The van der Waals surface area contributed by atoms with E-state index in [2.05, 4.69) is 10.3 Å². The fourth-order valence-corrected chi connectivity index (χ4v) is 5.08. The van der Waals surface area contributed by atoms with Crippen LogP contribution in [-0.4, -0.2) is 25.9 Å². The molecule has 0 spiro atoms. The molecule has 5 nitrogen and oxygen atoms in total. The van der Waals surface area contributed by atoms with E-state index in [1.807, 2.05) is 0 Å². The van der Waals surface area contributed by atoms with E-state index in [9.17, 15) is 22.0 Å². The van der Waals surface area contributed by atoms with E-state index in [1.54, 1.807) is 12.1 Å². The van der Waals surface area contributed by atoms with Crippen molar-refractivity contribution in [1.82, 2.24) is 10.3 Å². The van der Waals surface area contributed by atoms with E-state index in [0.29, 0.717) is 10.6 Å². The van der Waals surface area contributed by atoms with E-state index >= 15 is 0 Å². The summed E-state index contributed by atoms with van der Waals surface area (Å²) < 4.78 is 54.7. The Balaban J connectivity index is 0.00000363. The molecule has 0 radical (unpaired) electrons. The number of aromatic nitrogens is 1. The SMILES string of the molecule is Cl.O=C(NCCCC(c1cc(F)ccc1F)S(=O)(=O)c1ccc(Cl)cc1)c1cccnc1. The van der Waals surface area contributed by atoms with Gasteiger partial charge in [-0.3, -0.25) is 9.78 Å². The van der Waals surface area contributed by atoms with Gasteiger partial charge in [0.25, 0.3) is 5.91 Å². The normalized spacial score (nSPS) is 12.0. The molecule has 0 bridgehead atoms. The standard InChI is InChI=1S/C22H19ClF2N2O3S.ClH/c23-16-5-8-18(9-6-16)31(29,30)21(19-13-17(24)7-10-20(19)25)4-2-12-27-22(28)15-3-1-11-26-14-15;/h1,3,5-11,13-14,21H,2,4,12H2,(H,27,28);1H. The minimum absolute atomic E-state index is 0. The molecular weight excluding hydrogens is 481 g/mol.